The van der Waals surface area contributed by atoms with E-state index < -0.39 is 0 Å². The standard InChI is InChI=1S/C36H41N5O4/c1-39-19-21-41(22-20-39)36(45)16-14-34(43)38-28-8-12-30-26(24-28)6-10-31-29-11-7-27(23-25(29)5-9-32(30)31)37-33(42)13-15-35(44)40-17-3-2-4-18-40/h5-12,23-24H,2-4,13-22H2,1H3,(H,37,42)(H,38,43). The van der Waals surface area contributed by atoms with E-state index in [0.717, 1.165) is 71.3 Å². The second kappa shape index (κ2) is 13.6. The van der Waals surface area contributed by atoms with Crippen molar-refractivity contribution in [2.45, 2.75) is 44.9 Å². The van der Waals surface area contributed by atoms with Crippen molar-refractivity contribution in [3.05, 3.63) is 60.7 Å². The molecule has 9 nitrogen and oxygen atoms in total. The lowest BCUT2D eigenvalue weighted by Gasteiger charge is -2.32. The van der Waals surface area contributed by atoms with Crippen LogP contribution in [0.2, 0.25) is 0 Å². The molecule has 2 saturated heterocycles. The number of anilines is 2. The molecule has 0 bridgehead atoms. The highest BCUT2D eigenvalue weighted by atomic mass is 16.2. The fourth-order valence-electron chi connectivity index (χ4n) is 6.45. The number of piperidine rings is 1. The van der Waals surface area contributed by atoms with Gasteiger partial charge >= 0.3 is 0 Å². The molecule has 0 aromatic heterocycles. The van der Waals surface area contributed by atoms with Crippen molar-refractivity contribution in [2.24, 2.45) is 0 Å². The van der Waals surface area contributed by atoms with Gasteiger partial charge in [0.05, 0.1) is 0 Å². The van der Waals surface area contributed by atoms with Crippen LogP contribution in [0.25, 0.3) is 32.3 Å². The van der Waals surface area contributed by atoms with Gasteiger partial charge in [0.2, 0.25) is 23.6 Å². The second-order valence-corrected chi connectivity index (χ2v) is 12.3. The first-order valence-corrected chi connectivity index (χ1v) is 16.1. The van der Waals surface area contributed by atoms with Gasteiger partial charge < -0.3 is 25.3 Å². The Morgan fingerprint density at radius 1 is 0.533 bits per heavy atom. The average molecular weight is 608 g/mol. The van der Waals surface area contributed by atoms with E-state index in [2.05, 4.69) is 39.8 Å². The summed E-state index contributed by atoms with van der Waals surface area (Å²) in [6.07, 6.45) is 4.03. The maximum atomic E-state index is 12.6. The molecule has 2 N–H and O–H groups in total. The molecule has 0 atom stereocenters. The van der Waals surface area contributed by atoms with Crippen LogP contribution < -0.4 is 10.6 Å². The number of nitrogens with one attached hydrogen (secondary N) is 2. The average Bonchev–Trinajstić information content (AvgIpc) is 3.06. The van der Waals surface area contributed by atoms with Crippen molar-refractivity contribution in [1.82, 2.24) is 14.7 Å². The number of rotatable bonds is 8. The first kappa shape index (κ1) is 30.5. The number of likely N-dealkylation sites (tertiary alicyclic amines) is 1. The van der Waals surface area contributed by atoms with Crippen LogP contribution in [0.3, 0.4) is 0 Å². The van der Waals surface area contributed by atoms with E-state index in [1.54, 1.807) is 0 Å². The van der Waals surface area contributed by atoms with Gasteiger partial charge in [-0.1, -0.05) is 36.4 Å². The molecule has 4 aromatic rings. The molecule has 0 unspecified atom stereocenters. The minimum atomic E-state index is -0.167. The summed E-state index contributed by atoms with van der Waals surface area (Å²) in [4.78, 5) is 56.1. The number of fused-ring (bicyclic) bond motifs is 5. The zero-order valence-corrected chi connectivity index (χ0v) is 25.9. The van der Waals surface area contributed by atoms with E-state index in [0.29, 0.717) is 24.5 Å². The number of carbonyl (C=O) groups excluding carboxylic acids is 4. The Morgan fingerprint density at radius 3 is 1.47 bits per heavy atom. The quantitative estimate of drug-likeness (QED) is 0.262. The van der Waals surface area contributed by atoms with Gasteiger partial charge in [-0.05, 0) is 82.9 Å². The van der Waals surface area contributed by atoms with Crippen LogP contribution in [0.15, 0.2) is 60.7 Å². The predicted molar refractivity (Wildman–Crippen MR) is 179 cm³/mol. The molecule has 2 aliphatic rings. The summed E-state index contributed by atoms with van der Waals surface area (Å²) in [5.74, 6) is -0.231. The molecule has 0 saturated carbocycles. The molecule has 4 aromatic carbocycles. The van der Waals surface area contributed by atoms with Crippen molar-refractivity contribution < 1.29 is 19.2 Å². The van der Waals surface area contributed by atoms with E-state index in [1.165, 1.54) is 6.42 Å². The van der Waals surface area contributed by atoms with Crippen LogP contribution in [-0.2, 0) is 19.2 Å². The summed E-state index contributed by atoms with van der Waals surface area (Å²) >= 11 is 0. The van der Waals surface area contributed by atoms with Crippen molar-refractivity contribution >= 4 is 67.3 Å². The largest absolute Gasteiger partial charge is 0.343 e. The van der Waals surface area contributed by atoms with Gasteiger partial charge in [0.25, 0.3) is 0 Å². The summed E-state index contributed by atoms with van der Waals surface area (Å²) < 4.78 is 0. The molecule has 2 heterocycles. The van der Waals surface area contributed by atoms with E-state index in [1.807, 2.05) is 53.2 Å². The molecule has 234 valence electrons. The van der Waals surface area contributed by atoms with E-state index >= 15 is 0 Å². The number of benzene rings is 4. The van der Waals surface area contributed by atoms with Gasteiger partial charge in [0, 0.05) is 76.3 Å². The van der Waals surface area contributed by atoms with Crippen LogP contribution in [0, 0.1) is 0 Å². The molecular weight excluding hydrogens is 566 g/mol. The topological polar surface area (TPSA) is 102 Å². The molecule has 4 amide bonds. The number of likely N-dealkylation sites (N-methyl/N-ethyl adjacent to an activating group) is 1. The number of hydrogen-bond acceptors (Lipinski definition) is 5. The molecule has 2 fully saturated rings. The summed E-state index contributed by atoms with van der Waals surface area (Å²) in [6, 6.07) is 20.1. The SMILES string of the molecule is CN1CCN(C(=O)CCC(=O)Nc2ccc3c(ccc4c5ccc(NC(=O)CCC(=O)N6CCCCC6)cc5ccc34)c2)CC1. The Morgan fingerprint density at radius 2 is 0.978 bits per heavy atom. The Hall–Kier alpha value is -4.50. The Labute approximate surface area is 263 Å². The van der Waals surface area contributed by atoms with Crippen LogP contribution in [0.5, 0.6) is 0 Å². The van der Waals surface area contributed by atoms with Crippen LogP contribution in [0.4, 0.5) is 11.4 Å². The molecule has 9 heteroatoms. The summed E-state index contributed by atoms with van der Waals surface area (Å²) in [5, 5.41) is 12.3. The normalized spacial score (nSPS) is 15.8. The number of amides is 4. The lowest BCUT2D eigenvalue weighted by molar-refractivity contribution is -0.134. The lowest BCUT2D eigenvalue weighted by Crippen LogP contribution is -2.47. The molecule has 45 heavy (non-hydrogen) atoms. The summed E-state index contributed by atoms with van der Waals surface area (Å²) in [6.45, 7) is 4.75. The highest BCUT2D eigenvalue weighted by Gasteiger charge is 2.20. The maximum absolute atomic E-state index is 12.6. The predicted octanol–water partition coefficient (Wildman–Crippen LogP) is 5.37. The first-order chi connectivity index (χ1) is 21.8. The van der Waals surface area contributed by atoms with Crippen molar-refractivity contribution in [2.75, 3.05) is 56.9 Å². The van der Waals surface area contributed by atoms with Crippen LogP contribution >= 0.6 is 0 Å². The molecule has 2 aliphatic heterocycles. The summed E-state index contributed by atoms with van der Waals surface area (Å²) in [7, 11) is 2.05. The number of piperazine rings is 1. The molecule has 6 rings (SSSR count). The van der Waals surface area contributed by atoms with E-state index in [4.69, 9.17) is 0 Å². The molecule has 0 aliphatic carbocycles. The van der Waals surface area contributed by atoms with Gasteiger partial charge in [-0.25, -0.2) is 0 Å². The zero-order chi connectivity index (χ0) is 31.3. The van der Waals surface area contributed by atoms with Gasteiger partial charge in [0.1, 0.15) is 0 Å². The smallest absolute Gasteiger partial charge is 0.224 e. The van der Waals surface area contributed by atoms with Crippen molar-refractivity contribution in [3.8, 4) is 0 Å². The number of hydrogen-bond donors (Lipinski definition) is 2. The molecular formula is C36H41N5O4. The molecule has 0 spiro atoms. The van der Waals surface area contributed by atoms with Crippen LogP contribution in [0.1, 0.15) is 44.9 Å². The summed E-state index contributed by atoms with van der Waals surface area (Å²) in [5.41, 5.74) is 1.42. The highest BCUT2D eigenvalue weighted by Crippen LogP contribution is 2.33. The monoisotopic (exact) mass is 607 g/mol. The Kier molecular flexibility index (Phi) is 9.26. The zero-order valence-electron chi connectivity index (χ0n) is 25.9. The highest BCUT2D eigenvalue weighted by molar-refractivity contribution is 6.18. The minimum absolute atomic E-state index is 0.0321. The van der Waals surface area contributed by atoms with Gasteiger partial charge in [0.15, 0.2) is 0 Å². The number of carbonyl (C=O) groups is 4. The lowest BCUT2D eigenvalue weighted by atomic mass is 9.96. The van der Waals surface area contributed by atoms with Crippen molar-refractivity contribution in [3.63, 3.8) is 0 Å². The fourth-order valence-corrected chi connectivity index (χ4v) is 6.45. The minimum Gasteiger partial charge on any atom is -0.343 e. The van der Waals surface area contributed by atoms with Crippen molar-refractivity contribution in [1.29, 1.82) is 0 Å². The van der Waals surface area contributed by atoms with E-state index in [-0.39, 0.29) is 49.3 Å². The first-order valence-electron chi connectivity index (χ1n) is 16.1. The Balaban J connectivity index is 1.08. The van der Waals surface area contributed by atoms with Gasteiger partial charge in [-0.2, -0.15) is 0 Å². The van der Waals surface area contributed by atoms with Crippen LogP contribution in [-0.4, -0.2) is 84.6 Å². The van der Waals surface area contributed by atoms with Gasteiger partial charge in [-0.15, -0.1) is 0 Å². The van der Waals surface area contributed by atoms with E-state index in [9.17, 15) is 19.2 Å². The third kappa shape index (κ3) is 7.26. The third-order valence-electron chi connectivity index (χ3n) is 9.10. The maximum Gasteiger partial charge on any atom is 0.224 e. The second-order valence-electron chi connectivity index (χ2n) is 12.3. The van der Waals surface area contributed by atoms with Gasteiger partial charge in [-0.3, -0.25) is 19.2 Å². The third-order valence-corrected chi connectivity index (χ3v) is 9.10. The molecule has 0 radical (unpaired) electrons. The number of nitrogens with zero attached hydrogens (tertiary/aromatic N) is 3. The fraction of sp³-hybridized carbons (Fsp3) is 0.389. The Bertz CT molecular complexity index is 1760.